The van der Waals surface area contributed by atoms with Crippen LogP contribution in [0.5, 0.6) is 0 Å². The Bertz CT molecular complexity index is 1560. The number of nitrogens with zero attached hydrogens (tertiary/aromatic N) is 8. The van der Waals surface area contributed by atoms with E-state index in [1.807, 2.05) is 40.1 Å². The molecule has 5 heterocycles. The van der Waals surface area contributed by atoms with Gasteiger partial charge in [0.1, 0.15) is 0 Å². The third-order valence-corrected chi connectivity index (χ3v) is 7.68. The Balaban J connectivity index is 1.29. The summed E-state index contributed by atoms with van der Waals surface area (Å²) >= 11 is 0. The van der Waals surface area contributed by atoms with E-state index in [1.165, 1.54) is 0 Å². The molecule has 0 radical (unpaired) electrons. The van der Waals surface area contributed by atoms with Crippen LogP contribution >= 0.6 is 0 Å². The summed E-state index contributed by atoms with van der Waals surface area (Å²) in [7, 11) is 0. The van der Waals surface area contributed by atoms with Gasteiger partial charge < -0.3 is 25.2 Å². The average molecular weight is 556 g/mol. The minimum atomic E-state index is -0.160. The van der Waals surface area contributed by atoms with Crippen molar-refractivity contribution in [3.05, 3.63) is 60.0 Å². The summed E-state index contributed by atoms with van der Waals surface area (Å²) in [6.07, 6.45) is 5.08. The molecule has 41 heavy (non-hydrogen) atoms. The van der Waals surface area contributed by atoms with Crippen molar-refractivity contribution < 1.29 is 14.3 Å². The number of piperazine rings is 1. The molecule has 0 unspecified atom stereocenters. The summed E-state index contributed by atoms with van der Waals surface area (Å²) in [4.78, 5) is 51.0. The third kappa shape index (κ3) is 5.61. The van der Waals surface area contributed by atoms with Gasteiger partial charge in [0.05, 0.1) is 25.3 Å². The fourth-order valence-electron chi connectivity index (χ4n) is 5.31. The van der Waals surface area contributed by atoms with Gasteiger partial charge in [0.2, 0.25) is 17.8 Å². The number of morpholine rings is 1. The lowest BCUT2D eigenvalue weighted by molar-refractivity contribution is 0.0643. The third-order valence-electron chi connectivity index (χ3n) is 7.68. The van der Waals surface area contributed by atoms with E-state index in [0.717, 1.165) is 25.2 Å². The smallest absolute Gasteiger partial charge is 0.253 e. The molecule has 2 saturated heterocycles. The Morgan fingerprint density at radius 2 is 1.73 bits per heavy atom. The van der Waals surface area contributed by atoms with Crippen molar-refractivity contribution in [1.29, 1.82) is 0 Å². The monoisotopic (exact) mass is 555 g/mol. The number of rotatable bonds is 6. The molecule has 1 amide bonds. The molecular formula is C29H33N9O3. The number of anilines is 2. The van der Waals surface area contributed by atoms with Crippen LogP contribution in [0, 0.1) is 0 Å². The van der Waals surface area contributed by atoms with Crippen LogP contribution in [0.3, 0.4) is 0 Å². The van der Waals surface area contributed by atoms with Crippen LogP contribution < -0.4 is 10.6 Å². The van der Waals surface area contributed by atoms with Crippen molar-refractivity contribution in [2.75, 3.05) is 69.7 Å². The Morgan fingerprint density at radius 3 is 2.46 bits per heavy atom. The number of likely N-dealkylation sites (N-methyl/N-ethyl adjacent to an activating group) is 1. The zero-order chi connectivity index (χ0) is 28.3. The Labute approximate surface area is 237 Å². The van der Waals surface area contributed by atoms with Gasteiger partial charge in [-0.3, -0.25) is 14.2 Å². The predicted molar refractivity (Wildman–Crippen MR) is 155 cm³/mol. The fourth-order valence-corrected chi connectivity index (χ4v) is 5.31. The quantitative estimate of drug-likeness (QED) is 0.376. The number of hydrogen-bond acceptors (Lipinski definition) is 10. The van der Waals surface area contributed by atoms with Crippen molar-refractivity contribution in [3.8, 4) is 11.3 Å². The number of hydrogen-bond donors (Lipinski definition) is 1. The van der Waals surface area contributed by atoms with E-state index in [4.69, 9.17) is 20.4 Å². The van der Waals surface area contributed by atoms with E-state index in [9.17, 15) is 9.59 Å². The highest BCUT2D eigenvalue weighted by Crippen LogP contribution is 2.29. The van der Waals surface area contributed by atoms with E-state index < -0.39 is 0 Å². The van der Waals surface area contributed by atoms with Crippen LogP contribution in [0.2, 0.25) is 0 Å². The molecule has 0 bridgehead atoms. The molecular weight excluding hydrogens is 522 g/mol. The molecule has 0 saturated carbocycles. The first-order chi connectivity index (χ1) is 20.0. The molecule has 0 aliphatic carbocycles. The molecule has 2 N–H and O–H groups in total. The van der Waals surface area contributed by atoms with Crippen molar-refractivity contribution >= 4 is 34.7 Å². The lowest BCUT2D eigenvalue weighted by atomic mass is 10.1. The molecule has 2 aliphatic rings. The Kier molecular flexibility index (Phi) is 7.57. The number of carbonyl (C=O) groups excluding carboxylic acids is 2. The molecule has 4 aromatic rings. The summed E-state index contributed by atoms with van der Waals surface area (Å²) in [6.45, 7) is 8.72. The van der Waals surface area contributed by atoms with Crippen LogP contribution in [0.4, 0.5) is 11.9 Å². The van der Waals surface area contributed by atoms with Crippen LogP contribution in [-0.4, -0.2) is 105 Å². The minimum Gasteiger partial charge on any atom is -0.378 e. The standard InChI is InChI=1S/C29H33N9O3/c1-2-35-8-10-36(11-9-35)27(40)21-5-3-4-20(16-21)17-24(39)38-7-6-23-25(22-18-31-28(30)32-19-22)33-29(34-26(23)38)37-12-14-41-15-13-37/h3-7,16,18-19H,2,8-15,17H2,1H3,(H2,30,31,32). The number of amides is 1. The van der Waals surface area contributed by atoms with E-state index in [1.54, 1.807) is 23.2 Å². The first kappa shape index (κ1) is 26.8. The van der Waals surface area contributed by atoms with Gasteiger partial charge in [-0.1, -0.05) is 19.1 Å². The number of aromatic nitrogens is 5. The maximum Gasteiger partial charge on any atom is 0.253 e. The molecule has 0 spiro atoms. The van der Waals surface area contributed by atoms with Gasteiger partial charge in [-0.05, 0) is 30.3 Å². The molecule has 3 aromatic heterocycles. The van der Waals surface area contributed by atoms with Gasteiger partial charge in [0.15, 0.2) is 5.65 Å². The molecule has 2 fully saturated rings. The molecule has 0 atom stereocenters. The van der Waals surface area contributed by atoms with Gasteiger partial charge in [0.25, 0.3) is 5.91 Å². The number of fused-ring (bicyclic) bond motifs is 1. The summed E-state index contributed by atoms with van der Waals surface area (Å²) in [5.74, 6) is 0.521. The van der Waals surface area contributed by atoms with Crippen molar-refractivity contribution in [2.45, 2.75) is 13.3 Å². The summed E-state index contributed by atoms with van der Waals surface area (Å²) < 4.78 is 7.06. The molecule has 2 aliphatic heterocycles. The molecule has 6 rings (SSSR count). The zero-order valence-electron chi connectivity index (χ0n) is 23.1. The fraction of sp³-hybridized carbons (Fsp3) is 0.379. The van der Waals surface area contributed by atoms with Gasteiger partial charge in [-0.2, -0.15) is 4.98 Å². The largest absolute Gasteiger partial charge is 0.378 e. The van der Waals surface area contributed by atoms with E-state index in [0.29, 0.717) is 73.2 Å². The van der Waals surface area contributed by atoms with Crippen LogP contribution in [0.1, 0.15) is 27.6 Å². The Morgan fingerprint density at radius 1 is 0.976 bits per heavy atom. The maximum atomic E-state index is 13.6. The normalized spacial score (nSPS) is 16.3. The highest BCUT2D eigenvalue weighted by Gasteiger charge is 2.23. The van der Waals surface area contributed by atoms with Crippen LogP contribution in [0.15, 0.2) is 48.9 Å². The predicted octanol–water partition coefficient (Wildman–Crippen LogP) is 1.97. The Hall–Kier alpha value is -4.42. The molecule has 12 heteroatoms. The highest BCUT2D eigenvalue weighted by atomic mass is 16.5. The summed E-state index contributed by atoms with van der Waals surface area (Å²) in [5.41, 5.74) is 8.88. The van der Waals surface area contributed by atoms with Crippen molar-refractivity contribution in [3.63, 3.8) is 0 Å². The molecule has 1 aromatic carbocycles. The van der Waals surface area contributed by atoms with Crippen LogP contribution in [0.25, 0.3) is 22.3 Å². The maximum absolute atomic E-state index is 13.6. The average Bonchev–Trinajstić information content (AvgIpc) is 3.46. The lowest BCUT2D eigenvalue weighted by Gasteiger charge is -2.34. The lowest BCUT2D eigenvalue weighted by Crippen LogP contribution is -2.48. The van der Waals surface area contributed by atoms with Gasteiger partial charge >= 0.3 is 0 Å². The summed E-state index contributed by atoms with van der Waals surface area (Å²) in [6, 6.07) is 9.18. The zero-order valence-corrected chi connectivity index (χ0v) is 23.1. The van der Waals surface area contributed by atoms with E-state index in [-0.39, 0.29) is 24.2 Å². The van der Waals surface area contributed by atoms with Crippen LogP contribution in [-0.2, 0) is 11.2 Å². The van der Waals surface area contributed by atoms with E-state index >= 15 is 0 Å². The number of benzene rings is 1. The SMILES string of the molecule is CCN1CCN(C(=O)c2cccc(CC(=O)n3ccc4c(-c5cnc(N)nc5)nc(N5CCOCC5)nc43)c2)CC1. The number of nitrogen functional groups attached to an aromatic ring is 1. The highest BCUT2D eigenvalue weighted by molar-refractivity contribution is 5.98. The second-order valence-corrected chi connectivity index (χ2v) is 10.2. The summed E-state index contributed by atoms with van der Waals surface area (Å²) in [5, 5.41) is 0.707. The first-order valence-corrected chi connectivity index (χ1v) is 13.9. The van der Waals surface area contributed by atoms with Crippen molar-refractivity contribution in [2.24, 2.45) is 0 Å². The number of nitrogens with two attached hydrogens (primary N) is 1. The topological polar surface area (TPSA) is 136 Å². The first-order valence-electron chi connectivity index (χ1n) is 13.9. The van der Waals surface area contributed by atoms with Gasteiger partial charge in [-0.25, -0.2) is 15.0 Å². The van der Waals surface area contributed by atoms with E-state index in [2.05, 4.69) is 21.8 Å². The number of ether oxygens (including phenoxy) is 1. The number of carbonyl (C=O) groups is 2. The second-order valence-electron chi connectivity index (χ2n) is 10.2. The molecule has 12 nitrogen and oxygen atoms in total. The van der Waals surface area contributed by atoms with Gasteiger partial charge in [0, 0.05) is 74.4 Å². The van der Waals surface area contributed by atoms with Gasteiger partial charge in [-0.15, -0.1) is 0 Å². The minimum absolute atomic E-state index is 0.000261. The molecule has 212 valence electrons. The van der Waals surface area contributed by atoms with Crippen molar-refractivity contribution in [1.82, 2.24) is 34.3 Å². The second kappa shape index (κ2) is 11.6.